The highest BCUT2D eigenvalue weighted by molar-refractivity contribution is 7.99. The summed E-state index contributed by atoms with van der Waals surface area (Å²) >= 11 is 1.44. The van der Waals surface area contributed by atoms with Crippen LogP contribution in [0.2, 0.25) is 0 Å². The largest absolute Gasteiger partial charge is 0.467 e. The molecule has 2 saturated heterocycles. The third-order valence-corrected chi connectivity index (χ3v) is 7.27. The van der Waals surface area contributed by atoms with Gasteiger partial charge in [-0.2, -0.15) is 0 Å². The number of anilines is 2. The van der Waals surface area contributed by atoms with Crippen molar-refractivity contribution >= 4 is 29.3 Å². The summed E-state index contributed by atoms with van der Waals surface area (Å²) in [7, 11) is 0. The standard InChI is InChI=1S/C24H30N6O2S/c31-22(25-15-19-10-13-29(16-19)20-7-2-1-3-8-20)18-33-24-27-26-23(28-11-4-5-12-28)30(24)17-21-9-6-14-32-21/h1-3,6-9,14,19H,4-5,10-13,15-18H2,(H,25,31). The van der Waals surface area contributed by atoms with Gasteiger partial charge in [0.15, 0.2) is 5.16 Å². The maximum Gasteiger partial charge on any atom is 0.230 e. The van der Waals surface area contributed by atoms with Crippen LogP contribution in [-0.2, 0) is 11.3 Å². The number of carbonyl (C=O) groups is 1. The Balaban J connectivity index is 1.14. The van der Waals surface area contributed by atoms with Crippen molar-refractivity contribution in [2.24, 2.45) is 5.92 Å². The SMILES string of the molecule is O=C(CSc1nnc(N2CCCC2)n1Cc1ccco1)NCC1CCN(c2ccccc2)C1. The van der Waals surface area contributed by atoms with E-state index in [4.69, 9.17) is 4.42 Å². The average molecular weight is 467 g/mol. The second-order valence-electron chi connectivity index (χ2n) is 8.67. The first-order valence-corrected chi connectivity index (χ1v) is 12.6. The Bertz CT molecular complexity index is 1030. The molecule has 1 N–H and O–H groups in total. The zero-order valence-corrected chi connectivity index (χ0v) is 19.5. The molecule has 0 aliphatic carbocycles. The van der Waals surface area contributed by atoms with E-state index in [1.165, 1.54) is 30.3 Å². The monoisotopic (exact) mass is 466 g/mol. The Labute approximate surface area is 198 Å². The zero-order chi connectivity index (χ0) is 22.5. The highest BCUT2D eigenvalue weighted by atomic mass is 32.2. The number of hydrogen-bond donors (Lipinski definition) is 1. The minimum atomic E-state index is 0.0356. The lowest BCUT2D eigenvalue weighted by molar-refractivity contribution is -0.118. The molecule has 0 bridgehead atoms. The van der Waals surface area contributed by atoms with Crippen LogP contribution in [-0.4, -0.2) is 59.1 Å². The minimum absolute atomic E-state index is 0.0356. The molecule has 2 aliphatic rings. The van der Waals surface area contributed by atoms with Crippen LogP contribution in [0.4, 0.5) is 11.6 Å². The molecule has 8 nitrogen and oxygen atoms in total. The molecule has 1 unspecified atom stereocenters. The Morgan fingerprint density at radius 2 is 1.91 bits per heavy atom. The zero-order valence-electron chi connectivity index (χ0n) is 18.7. The fourth-order valence-electron chi connectivity index (χ4n) is 4.55. The van der Waals surface area contributed by atoms with Crippen LogP contribution < -0.4 is 15.1 Å². The summed E-state index contributed by atoms with van der Waals surface area (Å²) in [4.78, 5) is 17.2. The summed E-state index contributed by atoms with van der Waals surface area (Å²) in [6.07, 6.45) is 5.11. The smallest absolute Gasteiger partial charge is 0.230 e. The Kier molecular flexibility index (Phi) is 6.85. The summed E-state index contributed by atoms with van der Waals surface area (Å²) in [5.74, 6) is 2.55. The van der Waals surface area contributed by atoms with Gasteiger partial charge in [-0.05, 0) is 49.4 Å². The molecular weight excluding hydrogens is 436 g/mol. The average Bonchev–Trinajstić information content (AvgIpc) is 3.65. The predicted octanol–water partition coefficient (Wildman–Crippen LogP) is 3.25. The van der Waals surface area contributed by atoms with Gasteiger partial charge >= 0.3 is 0 Å². The second-order valence-corrected chi connectivity index (χ2v) is 9.61. The second kappa shape index (κ2) is 10.3. The van der Waals surface area contributed by atoms with Gasteiger partial charge in [-0.25, -0.2) is 0 Å². The predicted molar refractivity (Wildman–Crippen MR) is 130 cm³/mol. The number of para-hydroxylation sites is 1. The van der Waals surface area contributed by atoms with Crippen LogP contribution in [0.3, 0.4) is 0 Å². The van der Waals surface area contributed by atoms with Crippen molar-refractivity contribution in [3.8, 4) is 0 Å². The van der Waals surface area contributed by atoms with Gasteiger partial charge in [-0.15, -0.1) is 10.2 Å². The fraction of sp³-hybridized carbons (Fsp3) is 0.458. The van der Waals surface area contributed by atoms with Gasteiger partial charge in [0, 0.05) is 38.4 Å². The van der Waals surface area contributed by atoms with Crippen LogP contribution in [0.1, 0.15) is 25.0 Å². The molecule has 2 aromatic heterocycles. The quantitative estimate of drug-likeness (QED) is 0.485. The van der Waals surface area contributed by atoms with Crippen LogP contribution in [0, 0.1) is 5.92 Å². The topological polar surface area (TPSA) is 79.4 Å². The minimum Gasteiger partial charge on any atom is -0.467 e. The van der Waals surface area contributed by atoms with Crippen molar-refractivity contribution in [3.05, 3.63) is 54.5 Å². The highest BCUT2D eigenvalue weighted by Crippen LogP contribution is 2.26. The first-order chi connectivity index (χ1) is 16.3. The maximum atomic E-state index is 12.6. The number of nitrogens with zero attached hydrogens (tertiary/aromatic N) is 5. The van der Waals surface area contributed by atoms with Crippen molar-refractivity contribution in [2.45, 2.75) is 31.0 Å². The molecule has 0 saturated carbocycles. The fourth-order valence-corrected chi connectivity index (χ4v) is 5.31. The van der Waals surface area contributed by atoms with Gasteiger partial charge in [0.2, 0.25) is 11.9 Å². The molecule has 5 rings (SSSR count). The molecule has 1 aromatic carbocycles. The van der Waals surface area contributed by atoms with Crippen molar-refractivity contribution in [1.29, 1.82) is 0 Å². The van der Waals surface area contributed by atoms with Crippen LogP contribution in [0.5, 0.6) is 0 Å². The van der Waals surface area contributed by atoms with Gasteiger partial charge in [0.05, 0.1) is 18.6 Å². The number of amides is 1. The van der Waals surface area contributed by atoms with Gasteiger partial charge in [-0.3, -0.25) is 9.36 Å². The van der Waals surface area contributed by atoms with E-state index >= 15 is 0 Å². The van der Waals surface area contributed by atoms with Crippen molar-refractivity contribution in [3.63, 3.8) is 0 Å². The first kappa shape index (κ1) is 21.9. The van der Waals surface area contributed by atoms with Gasteiger partial charge in [0.1, 0.15) is 5.76 Å². The van der Waals surface area contributed by atoms with E-state index in [1.807, 2.05) is 18.2 Å². The van der Waals surface area contributed by atoms with Gasteiger partial charge < -0.3 is 19.5 Å². The molecule has 0 spiro atoms. The molecule has 2 aliphatic heterocycles. The first-order valence-electron chi connectivity index (χ1n) is 11.7. The van der Waals surface area contributed by atoms with Crippen LogP contribution >= 0.6 is 11.8 Å². The molecular formula is C24H30N6O2S. The summed E-state index contributed by atoms with van der Waals surface area (Å²) < 4.78 is 7.62. The van der Waals surface area contributed by atoms with Crippen molar-refractivity contribution < 1.29 is 9.21 Å². The molecule has 174 valence electrons. The summed E-state index contributed by atoms with van der Waals surface area (Å²) in [5, 5.41) is 12.7. The molecule has 1 amide bonds. The molecule has 4 heterocycles. The van der Waals surface area contributed by atoms with E-state index in [9.17, 15) is 4.79 Å². The van der Waals surface area contributed by atoms with Crippen molar-refractivity contribution in [2.75, 3.05) is 48.3 Å². The summed E-state index contributed by atoms with van der Waals surface area (Å²) in [6, 6.07) is 14.3. The summed E-state index contributed by atoms with van der Waals surface area (Å²) in [6.45, 7) is 5.27. The Hall–Kier alpha value is -2.94. The number of aromatic nitrogens is 3. The summed E-state index contributed by atoms with van der Waals surface area (Å²) in [5.41, 5.74) is 1.26. The van der Waals surface area contributed by atoms with E-state index in [1.54, 1.807) is 6.26 Å². The number of rotatable bonds is 9. The van der Waals surface area contributed by atoms with E-state index in [-0.39, 0.29) is 5.91 Å². The van der Waals surface area contributed by atoms with Crippen molar-refractivity contribution in [1.82, 2.24) is 20.1 Å². The molecule has 2 fully saturated rings. The van der Waals surface area contributed by atoms with Crippen LogP contribution in [0.25, 0.3) is 0 Å². The maximum absolute atomic E-state index is 12.6. The Morgan fingerprint density at radius 1 is 1.06 bits per heavy atom. The molecule has 9 heteroatoms. The highest BCUT2D eigenvalue weighted by Gasteiger charge is 2.24. The normalized spacial score (nSPS) is 18.2. The number of furan rings is 1. The lowest BCUT2D eigenvalue weighted by Crippen LogP contribution is -2.32. The van der Waals surface area contributed by atoms with E-state index < -0.39 is 0 Å². The number of carbonyl (C=O) groups excluding carboxylic acids is 1. The molecule has 1 atom stereocenters. The third kappa shape index (κ3) is 5.35. The molecule has 33 heavy (non-hydrogen) atoms. The number of hydrogen-bond acceptors (Lipinski definition) is 7. The number of benzene rings is 1. The van der Waals surface area contributed by atoms with Gasteiger partial charge in [0.25, 0.3) is 0 Å². The van der Waals surface area contributed by atoms with E-state index in [0.717, 1.165) is 49.5 Å². The number of thioether (sulfide) groups is 1. The lowest BCUT2D eigenvalue weighted by atomic mass is 10.1. The Morgan fingerprint density at radius 3 is 2.70 bits per heavy atom. The van der Waals surface area contributed by atoms with Gasteiger partial charge in [-0.1, -0.05) is 30.0 Å². The lowest BCUT2D eigenvalue weighted by Gasteiger charge is -2.18. The van der Waals surface area contributed by atoms with E-state index in [2.05, 4.69) is 54.1 Å². The number of nitrogens with one attached hydrogen (secondary N) is 1. The molecule has 0 radical (unpaired) electrons. The van der Waals surface area contributed by atoms with Crippen LogP contribution in [0.15, 0.2) is 58.3 Å². The molecule has 3 aromatic rings. The van der Waals surface area contributed by atoms with E-state index in [0.29, 0.717) is 24.8 Å². The third-order valence-electron chi connectivity index (χ3n) is 6.31.